The summed E-state index contributed by atoms with van der Waals surface area (Å²) in [6.07, 6.45) is -3.47. The lowest BCUT2D eigenvalue weighted by Crippen LogP contribution is -2.38. The molecule has 1 fully saturated rings. The van der Waals surface area contributed by atoms with E-state index in [1.807, 2.05) is 0 Å². The van der Waals surface area contributed by atoms with E-state index in [4.69, 9.17) is 11.0 Å². The topological polar surface area (TPSA) is 78.9 Å². The van der Waals surface area contributed by atoms with Crippen molar-refractivity contribution >= 4 is 11.6 Å². The molecular formula is C12H10F3N3O. The molecule has 2 rings (SSSR count). The van der Waals surface area contributed by atoms with Gasteiger partial charge in [0.05, 0.1) is 22.4 Å². The number of carbonyl (C=O) groups excluding carboxylic acids is 1. The minimum Gasteiger partial charge on any atom is -0.323 e. The molecule has 0 aliphatic heterocycles. The number of hydrogen-bond donors (Lipinski definition) is 2. The van der Waals surface area contributed by atoms with Gasteiger partial charge in [0.15, 0.2) is 0 Å². The minimum absolute atomic E-state index is 0.0391. The number of alkyl halides is 3. The maximum Gasteiger partial charge on any atom is 0.416 e. The van der Waals surface area contributed by atoms with Crippen molar-refractivity contribution in [1.82, 2.24) is 0 Å². The van der Waals surface area contributed by atoms with E-state index in [2.05, 4.69) is 5.32 Å². The van der Waals surface area contributed by atoms with E-state index >= 15 is 0 Å². The Kier molecular flexibility index (Phi) is 2.98. The van der Waals surface area contributed by atoms with Crippen molar-refractivity contribution in [3.05, 3.63) is 29.3 Å². The fraction of sp³-hybridized carbons (Fsp3) is 0.333. The van der Waals surface area contributed by atoms with Gasteiger partial charge in [-0.05, 0) is 31.0 Å². The van der Waals surface area contributed by atoms with Crippen molar-refractivity contribution in [2.45, 2.75) is 24.6 Å². The maximum absolute atomic E-state index is 12.5. The largest absolute Gasteiger partial charge is 0.416 e. The van der Waals surface area contributed by atoms with Crippen molar-refractivity contribution in [2.75, 3.05) is 5.32 Å². The molecule has 0 saturated heterocycles. The molecule has 7 heteroatoms. The van der Waals surface area contributed by atoms with Crippen molar-refractivity contribution in [2.24, 2.45) is 5.73 Å². The molecule has 0 unspecified atom stereocenters. The van der Waals surface area contributed by atoms with E-state index in [0.717, 1.165) is 12.1 Å². The lowest BCUT2D eigenvalue weighted by atomic mass is 10.1. The molecule has 1 aliphatic rings. The molecule has 1 aliphatic carbocycles. The van der Waals surface area contributed by atoms with Crippen LogP contribution in [0.25, 0.3) is 0 Å². The fourth-order valence-corrected chi connectivity index (χ4v) is 1.53. The highest BCUT2D eigenvalue weighted by atomic mass is 19.4. The third-order valence-corrected chi connectivity index (χ3v) is 2.96. The molecule has 4 nitrogen and oxygen atoms in total. The van der Waals surface area contributed by atoms with Gasteiger partial charge in [-0.2, -0.15) is 18.4 Å². The summed E-state index contributed by atoms with van der Waals surface area (Å²) in [6, 6.07) is 4.20. The second kappa shape index (κ2) is 4.24. The Balaban J connectivity index is 2.27. The second-order valence-corrected chi connectivity index (χ2v) is 4.48. The number of hydrogen-bond acceptors (Lipinski definition) is 3. The van der Waals surface area contributed by atoms with E-state index in [9.17, 15) is 18.0 Å². The summed E-state index contributed by atoms with van der Waals surface area (Å²) >= 11 is 0. The Bertz CT molecular complexity index is 571. The van der Waals surface area contributed by atoms with Crippen LogP contribution < -0.4 is 11.1 Å². The molecule has 100 valence electrons. The van der Waals surface area contributed by atoms with Gasteiger partial charge >= 0.3 is 6.18 Å². The Morgan fingerprint density at radius 1 is 1.42 bits per heavy atom. The van der Waals surface area contributed by atoms with Crippen molar-refractivity contribution in [1.29, 1.82) is 5.26 Å². The van der Waals surface area contributed by atoms with E-state index in [1.54, 1.807) is 6.07 Å². The first-order valence-corrected chi connectivity index (χ1v) is 5.48. The highest BCUT2D eigenvalue weighted by Gasteiger charge is 2.46. The SMILES string of the molecule is N#Cc1cc(C(F)(F)F)ccc1NC(=O)C1(N)CC1. The van der Waals surface area contributed by atoms with Gasteiger partial charge in [-0.25, -0.2) is 0 Å². The molecule has 1 aromatic rings. The van der Waals surface area contributed by atoms with E-state index < -0.39 is 23.2 Å². The van der Waals surface area contributed by atoms with Gasteiger partial charge in [-0.1, -0.05) is 0 Å². The van der Waals surface area contributed by atoms with Crippen LogP contribution in [-0.2, 0) is 11.0 Å². The zero-order chi connectivity index (χ0) is 14.3. The van der Waals surface area contributed by atoms with Crippen molar-refractivity contribution in [3.8, 4) is 6.07 Å². The van der Waals surface area contributed by atoms with E-state index in [0.29, 0.717) is 18.9 Å². The monoisotopic (exact) mass is 269 g/mol. The third-order valence-electron chi connectivity index (χ3n) is 2.96. The summed E-state index contributed by atoms with van der Waals surface area (Å²) in [5.41, 5.74) is 3.57. The molecule has 1 saturated carbocycles. The van der Waals surface area contributed by atoms with Gasteiger partial charge in [0.2, 0.25) is 5.91 Å². The maximum atomic E-state index is 12.5. The molecule has 0 bridgehead atoms. The quantitative estimate of drug-likeness (QED) is 0.861. The molecule has 1 amide bonds. The summed E-state index contributed by atoms with van der Waals surface area (Å²) in [6.45, 7) is 0. The highest BCUT2D eigenvalue weighted by Crippen LogP contribution is 2.35. The predicted octanol–water partition coefficient (Wildman–Crippen LogP) is 2.01. The van der Waals surface area contributed by atoms with Crippen LogP contribution in [0.4, 0.5) is 18.9 Å². The zero-order valence-electron chi connectivity index (χ0n) is 9.71. The van der Waals surface area contributed by atoms with Crippen LogP contribution in [0.2, 0.25) is 0 Å². The number of nitriles is 1. The Morgan fingerprint density at radius 2 is 2.05 bits per heavy atom. The zero-order valence-corrected chi connectivity index (χ0v) is 9.71. The summed E-state index contributed by atoms with van der Waals surface area (Å²) in [7, 11) is 0. The number of rotatable bonds is 2. The molecule has 0 heterocycles. The predicted molar refractivity (Wildman–Crippen MR) is 60.9 cm³/mol. The lowest BCUT2D eigenvalue weighted by Gasteiger charge is -2.13. The minimum atomic E-state index is -4.53. The van der Waals surface area contributed by atoms with Crippen LogP contribution in [0.3, 0.4) is 0 Å². The van der Waals surface area contributed by atoms with E-state index in [1.165, 1.54) is 0 Å². The number of nitrogens with zero attached hydrogens (tertiary/aromatic N) is 1. The summed E-state index contributed by atoms with van der Waals surface area (Å²) in [5.74, 6) is -0.483. The molecule has 0 atom stereocenters. The first-order chi connectivity index (χ1) is 8.76. The number of nitrogens with one attached hydrogen (secondary N) is 1. The van der Waals surface area contributed by atoms with Crippen LogP contribution in [0, 0.1) is 11.3 Å². The Labute approximate surface area is 107 Å². The number of amides is 1. The molecule has 3 N–H and O–H groups in total. The number of nitrogens with two attached hydrogens (primary N) is 1. The third kappa shape index (κ3) is 2.69. The first kappa shape index (κ1) is 13.4. The number of carbonyl (C=O) groups is 1. The van der Waals surface area contributed by atoms with Crippen molar-refractivity contribution in [3.63, 3.8) is 0 Å². The Morgan fingerprint density at radius 3 is 2.53 bits per heavy atom. The van der Waals surface area contributed by atoms with Crippen LogP contribution in [0.5, 0.6) is 0 Å². The smallest absolute Gasteiger partial charge is 0.323 e. The van der Waals surface area contributed by atoms with Crippen LogP contribution >= 0.6 is 0 Å². The van der Waals surface area contributed by atoms with Crippen LogP contribution in [0.15, 0.2) is 18.2 Å². The second-order valence-electron chi connectivity index (χ2n) is 4.48. The molecule has 1 aromatic carbocycles. The molecule has 0 aromatic heterocycles. The van der Waals surface area contributed by atoms with Gasteiger partial charge < -0.3 is 11.1 Å². The molecule has 0 spiro atoms. The summed E-state index contributed by atoms with van der Waals surface area (Å²) < 4.78 is 37.4. The van der Waals surface area contributed by atoms with Crippen LogP contribution in [0.1, 0.15) is 24.0 Å². The first-order valence-electron chi connectivity index (χ1n) is 5.48. The summed E-state index contributed by atoms with van der Waals surface area (Å²) in [5, 5.41) is 11.2. The summed E-state index contributed by atoms with van der Waals surface area (Å²) in [4.78, 5) is 11.7. The standard InChI is InChI=1S/C12H10F3N3O/c13-12(14,15)8-1-2-9(7(5-8)6-16)18-10(19)11(17)3-4-11/h1-2,5H,3-4,17H2,(H,18,19). The number of anilines is 1. The van der Waals surface area contributed by atoms with Gasteiger partial charge in [-0.15, -0.1) is 0 Å². The van der Waals surface area contributed by atoms with Crippen LogP contribution in [-0.4, -0.2) is 11.4 Å². The average Bonchev–Trinajstić information content (AvgIpc) is 3.07. The molecular weight excluding hydrogens is 259 g/mol. The van der Waals surface area contributed by atoms with E-state index in [-0.39, 0.29) is 11.3 Å². The van der Waals surface area contributed by atoms with Gasteiger partial charge in [0.1, 0.15) is 6.07 Å². The fourth-order valence-electron chi connectivity index (χ4n) is 1.53. The highest BCUT2D eigenvalue weighted by molar-refractivity contribution is 6.00. The Hall–Kier alpha value is -2.07. The number of halogens is 3. The van der Waals surface area contributed by atoms with Gasteiger partial charge in [-0.3, -0.25) is 4.79 Å². The number of benzene rings is 1. The normalized spacial score (nSPS) is 16.6. The molecule has 19 heavy (non-hydrogen) atoms. The van der Waals surface area contributed by atoms with Gasteiger partial charge in [0, 0.05) is 0 Å². The molecule has 0 radical (unpaired) electrons. The lowest BCUT2D eigenvalue weighted by molar-refractivity contribution is -0.137. The average molecular weight is 269 g/mol. The van der Waals surface area contributed by atoms with Crippen molar-refractivity contribution < 1.29 is 18.0 Å². The van der Waals surface area contributed by atoms with Gasteiger partial charge in [0.25, 0.3) is 0 Å².